The summed E-state index contributed by atoms with van der Waals surface area (Å²) >= 11 is 0. The van der Waals surface area contributed by atoms with Crippen LogP contribution in [0, 0.1) is 12.7 Å². The number of benzene rings is 1. The first-order valence-corrected chi connectivity index (χ1v) is 6.08. The summed E-state index contributed by atoms with van der Waals surface area (Å²) in [5, 5.41) is 3.11. The fraction of sp³-hybridized carbons (Fsp3) is 0.538. The zero-order valence-corrected chi connectivity index (χ0v) is 12.7. The number of alkyl halides is 2. The molecular formula is C13H19Cl2F3N2. The average Bonchev–Trinajstić information content (AvgIpc) is 2.35. The van der Waals surface area contributed by atoms with Gasteiger partial charge in [-0.3, -0.25) is 4.90 Å². The lowest BCUT2D eigenvalue weighted by atomic mass is 10.0. The van der Waals surface area contributed by atoms with E-state index in [1.807, 2.05) is 0 Å². The van der Waals surface area contributed by atoms with Gasteiger partial charge in [0.15, 0.2) is 0 Å². The summed E-state index contributed by atoms with van der Waals surface area (Å²) in [4.78, 5) is 1.65. The molecule has 0 aliphatic carbocycles. The number of hydrogen-bond donors (Lipinski definition) is 1. The Balaban J connectivity index is 0.00000180. The molecule has 2 nitrogen and oxygen atoms in total. The molecule has 1 aromatic carbocycles. The van der Waals surface area contributed by atoms with Crippen LogP contribution >= 0.6 is 24.8 Å². The Morgan fingerprint density at radius 1 is 1.15 bits per heavy atom. The largest absolute Gasteiger partial charge is 0.314 e. The maximum atomic E-state index is 13.8. The van der Waals surface area contributed by atoms with E-state index in [-0.39, 0.29) is 30.4 Å². The highest BCUT2D eigenvalue weighted by atomic mass is 35.5. The van der Waals surface area contributed by atoms with Crippen molar-refractivity contribution in [3.05, 3.63) is 35.1 Å². The van der Waals surface area contributed by atoms with E-state index in [2.05, 4.69) is 5.32 Å². The van der Waals surface area contributed by atoms with Crippen molar-refractivity contribution in [1.82, 2.24) is 10.2 Å². The number of halogens is 5. The Labute approximate surface area is 129 Å². The number of hydrogen-bond acceptors (Lipinski definition) is 2. The predicted octanol–water partition coefficient (Wildman–Crippen LogP) is 3.19. The fourth-order valence-electron chi connectivity index (χ4n) is 2.34. The van der Waals surface area contributed by atoms with Crippen LogP contribution in [0.4, 0.5) is 13.2 Å². The second-order valence-corrected chi connectivity index (χ2v) is 4.59. The number of aryl methyl sites for hydroxylation is 1. The van der Waals surface area contributed by atoms with Crippen LogP contribution in [-0.2, 0) is 0 Å². The minimum Gasteiger partial charge on any atom is -0.314 e. The molecule has 1 saturated heterocycles. The van der Waals surface area contributed by atoms with Crippen LogP contribution in [-0.4, -0.2) is 37.5 Å². The Hall–Kier alpha value is -0.490. The summed E-state index contributed by atoms with van der Waals surface area (Å²) in [5.41, 5.74) is 0.902. The van der Waals surface area contributed by atoms with E-state index in [0.717, 1.165) is 5.56 Å². The van der Waals surface area contributed by atoms with E-state index in [4.69, 9.17) is 0 Å². The highest BCUT2D eigenvalue weighted by Crippen LogP contribution is 2.30. The van der Waals surface area contributed by atoms with E-state index < -0.39 is 18.3 Å². The van der Waals surface area contributed by atoms with E-state index in [0.29, 0.717) is 26.2 Å². The van der Waals surface area contributed by atoms with Crippen molar-refractivity contribution in [3.63, 3.8) is 0 Å². The molecule has 1 aromatic rings. The zero-order valence-electron chi connectivity index (χ0n) is 11.1. The molecule has 0 unspecified atom stereocenters. The van der Waals surface area contributed by atoms with Crippen LogP contribution in [0.5, 0.6) is 0 Å². The maximum Gasteiger partial charge on any atom is 0.258 e. The molecule has 0 aromatic heterocycles. The highest BCUT2D eigenvalue weighted by Gasteiger charge is 2.32. The Morgan fingerprint density at radius 2 is 1.75 bits per heavy atom. The summed E-state index contributed by atoms with van der Waals surface area (Å²) in [7, 11) is 0. The van der Waals surface area contributed by atoms with Crippen LogP contribution in [0.25, 0.3) is 0 Å². The van der Waals surface area contributed by atoms with Gasteiger partial charge < -0.3 is 5.32 Å². The summed E-state index contributed by atoms with van der Waals surface area (Å²) in [6.45, 7) is 4.14. The SMILES string of the molecule is Cc1ccc(F)c([C@H](C(F)F)N2CCNCC2)c1.Cl.Cl. The van der Waals surface area contributed by atoms with Crippen molar-refractivity contribution < 1.29 is 13.2 Å². The van der Waals surface area contributed by atoms with E-state index in [1.165, 1.54) is 12.1 Å². The van der Waals surface area contributed by atoms with Gasteiger partial charge in [0.05, 0.1) is 6.04 Å². The zero-order chi connectivity index (χ0) is 13.1. The van der Waals surface area contributed by atoms with Crippen molar-refractivity contribution in [2.24, 2.45) is 0 Å². The Bertz CT molecular complexity index is 413. The van der Waals surface area contributed by atoms with Crippen LogP contribution < -0.4 is 5.32 Å². The van der Waals surface area contributed by atoms with Gasteiger partial charge in [-0.1, -0.05) is 17.7 Å². The third kappa shape index (κ3) is 4.52. The lowest BCUT2D eigenvalue weighted by Crippen LogP contribution is -2.47. The Kier molecular flexibility index (Phi) is 8.51. The molecule has 1 fully saturated rings. The van der Waals surface area contributed by atoms with Crippen molar-refractivity contribution in [1.29, 1.82) is 0 Å². The van der Waals surface area contributed by atoms with Crippen molar-refractivity contribution in [3.8, 4) is 0 Å². The number of nitrogens with one attached hydrogen (secondary N) is 1. The highest BCUT2D eigenvalue weighted by molar-refractivity contribution is 5.85. The second kappa shape index (κ2) is 8.72. The van der Waals surface area contributed by atoms with Crippen LogP contribution in [0.3, 0.4) is 0 Å². The molecule has 0 spiro atoms. The van der Waals surface area contributed by atoms with Crippen LogP contribution in [0.2, 0.25) is 0 Å². The van der Waals surface area contributed by atoms with Gasteiger partial charge >= 0.3 is 0 Å². The second-order valence-electron chi connectivity index (χ2n) is 4.59. The molecule has 1 aliphatic heterocycles. The summed E-state index contributed by atoms with van der Waals surface area (Å²) < 4.78 is 40.3. The smallest absolute Gasteiger partial charge is 0.258 e. The van der Waals surface area contributed by atoms with Gasteiger partial charge in [0.25, 0.3) is 6.43 Å². The summed E-state index contributed by atoms with van der Waals surface area (Å²) in [5.74, 6) is -0.551. The number of nitrogens with zero attached hydrogens (tertiary/aromatic N) is 1. The quantitative estimate of drug-likeness (QED) is 0.915. The van der Waals surface area contributed by atoms with Crippen molar-refractivity contribution in [2.45, 2.75) is 19.4 Å². The monoisotopic (exact) mass is 330 g/mol. The average molecular weight is 331 g/mol. The molecule has 1 N–H and O–H groups in total. The van der Waals surface area contributed by atoms with E-state index in [1.54, 1.807) is 17.9 Å². The standard InChI is InChI=1S/C13H17F3N2.2ClH/c1-9-2-3-11(14)10(8-9)12(13(15)16)18-6-4-17-5-7-18;;/h2-3,8,12-13,17H,4-7H2,1H3;2*1H/t12-;;/m1../s1. The van der Waals surface area contributed by atoms with Crippen molar-refractivity contribution >= 4 is 24.8 Å². The van der Waals surface area contributed by atoms with Gasteiger partial charge in [0.1, 0.15) is 5.82 Å². The van der Waals surface area contributed by atoms with Crippen LogP contribution in [0.1, 0.15) is 17.2 Å². The molecule has 0 bridgehead atoms. The van der Waals surface area contributed by atoms with Gasteiger partial charge in [0.2, 0.25) is 0 Å². The molecule has 1 aliphatic rings. The summed E-state index contributed by atoms with van der Waals surface area (Å²) in [6.07, 6.45) is -2.58. The molecule has 1 heterocycles. The number of piperazine rings is 1. The van der Waals surface area contributed by atoms with Gasteiger partial charge in [-0.2, -0.15) is 0 Å². The first-order valence-electron chi connectivity index (χ1n) is 6.08. The molecule has 20 heavy (non-hydrogen) atoms. The molecule has 2 rings (SSSR count). The van der Waals surface area contributed by atoms with E-state index in [9.17, 15) is 13.2 Å². The van der Waals surface area contributed by atoms with E-state index >= 15 is 0 Å². The van der Waals surface area contributed by atoms with Crippen LogP contribution in [0.15, 0.2) is 18.2 Å². The normalized spacial score (nSPS) is 17.2. The van der Waals surface area contributed by atoms with Gasteiger partial charge in [-0.15, -0.1) is 24.8 Å². The third-order valence-electron chi connectivity index (χ3n) is 3.25. The lowest BCUT2D eigenvalue weighted by molar-refractivity contribution is 0.0164. The molecule has 116 valence electrons. The van der Waals surface area contributed by atoms with Gasteiger partial charge in [-0.05, 0) is 13.0 Å². The lowest BCUT2D eigenvalue weighted by Gasteiger charge is -2.34. The minimum absolute atomic E-state index is 0. The molecule has 1 atom stereocenters. The first kappa shape index (κ1) is 19.5. The third-order valence-corrected chi connectivity index (χ3v) is 3.25. The predicted molar refractivity (Wildman–Crippen MR) is 78.8 cm³/mol. The van der Waals surface area contributed by atoms with Gasteiger partial charge in [-0.25, -0.2) is 13.2 Å². The topological polar surface area (TPSA) is 15.3 Å². The summed E-state index contributed by atoms with van der Waals surface area (Å²) in [6, 6.07) is 3.24. The molecule has 0 radical (unpaired) electrons. The molecule has 7 heteroatoms. The van der Waals surface area contributed by atoms with Crippen molar-refractivity contribution in [2.75, 3.05) is 26.2 Å². The fourth-order valence-corrected chi connectivity index (χ4v) is 2.34. The molecule has 0 saturated carbocycles. The Morgan fingerprint density at radius 3 is 2.30 bits per heavy atom. The first-order chi connectivity index (χ1) is 8.59. The maximum absolute atomic E-state index is 13.8. The number of rotatable bonds is 3. The molecular weight excluding hydrogens is 312 g/mol. The minimum atomic E-state index is -2.58. The van der Waals surface area contributed by atoms with Gasteiger partial charge in [0, 0.05) is 31.7 Å². The molecule has 0 amide bonds.